The molecule has 0 saturated heterocycles. The quantitative estimate of drug-likeness (QED) is 0.748. The summed E-state index contributed by atoms with van der Waals surface area (Å²) < 4.78 is 18.0. The lowest BCUT2D eigenvalue weighted by atomic mass is 10.2. The summed E-state index contributed by atoms with van der Waals surface area (Å²) in [6.07, 6.45) is 0. The Hall–Kier alpha value is -1.82. The van der Waals surface area contributed by atoms with Crippen LogP contribution in [0.15, 0.2) is 35.4 Å². The van der Waals surface area contributed by atoms with E-state index in [1.807, 2.05) is 6.92 Å². The number of hydrogen-bond acceptors (Lipinski definition) is 4. The number of amides is 1. The fraction of sp³-hybridized carbons (Fsp3) is 0.412. The number of rotatable bonds is 6. The summed E-state index contributed by atoms with van der Waals surface area (Å²) in [4.78, 5) is 25.7. The SMILES string of the molecule is CCOC(=O)CS[C@@H]1C(C)=C(C)C(=O)N1Cc1ccc(F)cc1. The van der Waals surface area contributed by atoms with Gasteiger partial charge in [-0.25, -0.2) is 4.39 Å². The van der Waals surface area contributed by atoms with E-state index in [1.165, 1.54) is 23.9 Å². The van der Waals surface area contributed by atoms with Crippen LogP contribution in [-0.2, 0) is 20.9 Å². The number of halogens is 1. The molecule has 1 heterocycles. The molecule has 2 rings (SSSR count). The van der Waals surface area contributed by atoms with E-state index in [4.69, 9.17) is 4.74 Å². The first-order valence-electron chi connectivity index (χ1n) is 7.44. The largest absolute Gasteiger partial charge is 0.465 e. The molecule has 0 radical (unpaired) electrons. The smallest absolute Gasteiger partial charge is 0.315 e. The maximum Gasteiger partial charge on any atom is 0.315 e. The lowest BCUT2D eigenvalue weighted by Gasteiger charge is -2.26. The van der Waals surface area contributed by atoms with E-state index >= 15 is 0 Å². The number of esters is 1. The number of carbonyl (C=O) groups is 2. The van der Waals surface area contributed by atoms with Crippen molar-refractivity contribution in [3.63, 3.8) is 0 Å². The van der Waals surface area contributed by atoms with Gasteiger partial charge in [-0.3, -0.25) is 9.59 Å². The van der Waals surface area contributed by atoms with Crippen LogP contribution in [0.1, 0.15) is 26.3 Å². The zero-order valence-corrected chi connectivity index (χ0v) is 14.3. The molecule has 1 aromatic rings. The predicted octanol–water partition coefficient (Wildman–Crippen LogP) is 3.13. The maximum absolute atomic E-state index is 13.0. The second-order valence-corrected chi connectivity index (χ2v) is 6.40. The number of ether oxygens (including phenoxy) is 1. The third kappa shape index (κ3) is 4.13. The minimum Gasteiger partial charge on any atom is -0.465 e. The Kier molecular flexibility index (Phi) is 5.82. The molecule has 23 heavy (non-hydrogen) atoms. The number of thioether (sulfide) groups is 1. The average molecular weight is 337 g/mol. The standard InChI is InChI=1S/C17H20FNO3S/c1-4-22-15(20)10-23-17-12(3)11(2)16(21)19(17)9-13-5-7-14(18)8-6-13/h5-8,17H,4,9-10H2,1-3H3/t17-/m1/s1. The van der Waals surface area contributed by atoms with E-state index < -0.39 is 0 Å². The van der Waals surface area contributed by atoms with Crippen LogP contribution in [-0.4, -0.2) is 34.5 Å². The highest BCUT2D eigenvalue weighted by Crippen LogP contribution is 2.34. The van der Waals surface area contributed by atoms with E-state index in [-0.39, 0.29) is 28.8 Å². The Balaban J connectivity index is 2.10. The first kappa shape index (κ1) is 17.5. The van der Waals surface area contributed by atoms with E-state index in [0.717, 1.165) is 11.1 Å². The van der Waals surface area contributed by atoms with Gasteiger partial charge in [-0.15, -0.1) is 11.8 Å². The molecule has 0 bridgehead atoms. The molecule has 1 amide bonds. The molecule has 4 nitrogen and oxygen atoms in total. The summed E-state index contributed by atoms with van der Waals surface area (Å²) in [5, 5.41) is -0.197. The van der Waals surface area contributed by atoms with Crippen LogP contribution >= 0.6 is 11.8 Å². The predicted molar refractivity (Wildman–Crippen MR) is 88.2 cm³/mol. The number of hydrogen-bond donors (Lipinski definition) is 0. The number of benzene rings is 1. The van der Waals surface area contributed by atoms with Crippen molar-refractivity contribution in [2.75, 3.05) is 12.4 Å². The van der Waals surface area contributed by atoms with Crippen molar-refractivity contribution in [3.8, 4) is 0 Å². The second kappa shape index (κ2) is 7.64. The van der Waals surface area contributed by atoms with Gasteiger partial charge < -0.3 is 9.64 Å². The Morgan fingerprint density at radius 1 is 1.30 bits per heavy atom. The van der Waals surface area contributed by atoms with Gasteiger partial charge in [0.1, 0.15) is 11.2 Å². The minimum atomic E-state index is -0.305. The molecule has 0 aromatic heterocycles. The van der Waals surface area contributed by atoms with Gasteiger partial charge in [0.05, 0.1) is 12.4 Å². The zero-order valence-electron chi connectivity index (χ0n) is 13.5. The summed E-state index contributed by atoms with van der Waals surface area (Å²) in [5.74, 6) is -0.450. The van der Waals surface area contributed by atoms with Gasteiger partial charge in [-0.2, -0.15) is 0 Å². The molecular formula is C17H20FNO3S. The molecular weight excluding hydrogens is 317 g/mol. The molecule has 0 aliphatic carbocycles. The Morgan fingerprint density at radius 3 is 2.57 bits per heavy atom. The van der Waals surface area contributed by atoms with Gasteiger partial charge in [0.25, 0.3) is 5.91 Å². The Labute approximate surface area is 139 Å². The summed E-state index contributed by atoms with van der Waals surface area (Å²) in [6.45, 7) is 6.18. The highest BCUT2D eigenvalue weighted by Gasteiger charge is 2.35. The monoisotopic (exact) mass is 337 g/mol. The van der Waals surface area contributed by atoms with Gasteiger partial charge in [0, 0.05) is 12.1 Å². The van der Waals surface area contributed by atoms with Crippen LogP contribution in [0.2, 0.25) is 0 Å². The van der Waals surface area contributed by atoms with Crippen LogP contribution in [0.3, 0.4) is 0 Å². The van der Waals surface area contributed by atoms with Crippen molar-refractivity contribution in [1.29, 1.82) is 0 Å². The fourth-order valence-corrected chi connectivity index (χ4v) is 3.57. The first-order valence-corrected chi connectivity index (χ1v) is 8.49. The van der Waals surface area contributed by atoms with Gasteiger partial charge in [-0.05, 0) is 44.0 Å². The highest BCUT2D eigenvalue weighted by atomic mass is 32.2. The Bertz CT molecular complexity index is 627. The van der Waals surface area contributed by atoms with Crippen LogP contribution in [0.4, 0.5) is 4.39 Å². The van der Waals surface area contributed by atoms with Crippen LogP contribution in [0.25, 0.3) is 0 Å². The lowest BCUT2D eigenvalue weighted by Crippen LogP contribution is -2.33. The minimum absolute atomic E-state index is 0.0480. The van der Waals surface area contributed by atoms with Gasteiger partial charge in [0.2, 0.25) is 0 Å². The normalized spacial score (nSPS) is 17.8. The lowest BCUT2D eigenvalue weighted by molar-refractivity contribution is -0.140. The second-order valence-electron chi connectivity index (χ2n) is 5.34. The molecule has 0 N–H and O–H groups in total. The number of nitrogens with zero attached hydrogens (tertiary/aromatic N) is 1. The molecule has 0 saturated carbocycles. The third-order valence-electron chi connectivity index (χ3n) is 3.76. The molecule has 124 valence electrons. The molecule has 1 aliphatic rings. The van der Waals surface area contributed by atoms with E-state index in [0.29, 0.717) is 18.7 Å². The summed E-state index contributed by atoms with van der Waals surface area (Å²) in [6, 6.07) is 6.09. The summed E-state index contributed by atoms with van der Waals surface area (Å²) >= 11 is 1.38. The fourth-order valence-electron chi connectivity index (χ4n) is 2.42. The van der Waals surface area contributed by atoms with Gasteiger partial charge >= 0.3 is 5.97 Å². The van der Waals surface area contributed by atoms with Crippen LogP contribution in [0, 0.1) is 5.82 Å². The van der Waals surface area contributed by atoms with E-state index in [2.05, 4.69) is 0 Å². The maximum atomic E-state index is 13.0. The van der Waals surface area contributed by atoms with Crippen molar-refractivity contribution in [1.82, 2.24) is 4.90 Å². The van der Waals surface area contributed by atoms with Crippen molar-refractivity contribution in [3.05, 3.63) is 46.8 Å². The summed E-state index contributed by atoms with van der Waals surface area (Å²) in [5.41, 5.74) is 2.50. The Morgan fingerprint density at radius 2 is 1.96 bits per heavy atom. The molecule has 1 atom stereocenters. The van der Waals surface area contributed by atoms with Crippen molar-refractivity contribution in [2.24, 2.45) is 0 Å². The molecule has 6 heteroatoms. The van der Waals surface area contributed by atoms with Crippen LogP contribution in [0.5, 0.6) is 0 Å². The van der Waals surface area contributed by atoms with E-state index in [9.17, 15) is 14.0 Å². The molecule has 0 unspecified atom stereocenters. The third-order valence-corrected chi connectivity index (χ3v) is 5.08. The molecule has 1 aliphatic heterocycles. The first-order chi connectivity index (χ1) is 10.9. The summed E-state index contributed by atoms with van der Waals surface area (Å²) in [7, 11) is 0. The van der Waals surface area contributed by atoms with Crippen LogP contribution < -0.4 is 0 Å². The highest BCUT2D eigenvalue weighted by molar-refractivity contribution is 8.00. The van der Waals surface area contributed by atoms with Crippen molar-refractivity contribution < 1.29 is 18.7 Å². The molecule has 0 fully saturated rings. The van der Waals surface area contributed by atoms with Gasteiger partial charge in [0.15, 0.2) is 0 Å². The van der Waals surface area contributed by atoms with Gasteiger partial charge in [-0.1, -0.05) is 12.1 Å². The number of carbonyl (C=O) groups excluding carboxylic acids is 2. The molecule has 1 aromatic carbocycles. The topological polar surface area (TPSA) is 46.6 Å². The van der Waals surface area contributed by atoms with E-state index in [1.54, 1.807) is 30.9 Å². The van der Waals surface area contributed by atoms with Crippen molar-refractivity contribution >= 4 is 23.6 Å². The molecule has 0 spiro atoms. The average Bonchev–Trinajstić information content (AvgIpc) is 2.72. The zero-order chi connectivity index (χ0) is 17.0. The van der Waals surface area contributed by atoms with Crippen molar-refractivity contribution in [2.45, 2.75) is 32.7 Å².